The van der Waals surface area contributed by atoms with Crippen LogP contribution in [0.3, 0.4) is 0 Å². The van der Waals surface area contributed by atoms with Crippen molar-refractivity contribution in [2.45, 2.75) is 12.1 Å². The lowest BCUT2D eigenvalue weighted by molar-refractivity contribution is -0.137. The molecule has 3 aromatic carbocycles. The zero-order valence-corrected chi connectivity index (χ0v) is 15.1. The molecule has 1 atom stereocenters. The van der Waals surface area contributed by atoms with E-state index in [0.29, 0.717) is 17.8 Å². The molecule has 0 amide bonds. The Bertz CT molecular complexity index is 1030. The number of hydrogen-bond acceptors (Lipinski definition) is 1. The molecule has 0 radical (unpaired) electrons. The highest BCUT2D eigenvalue weighted by molar-refractivity contribution is 5.69. The van der Waals surface area contributed by atoms with Gasteiger partial charge in [0.2, 0.25) is 0 Å². The smallest absolute Gasteiger partial charge is 0.384 e. The van der Waals surface area contributed by atoms with Crippen LogP contribution in [0.5, 0.6) is 0 Å². The fraction of sp³-hybridized carbons (Fsp3) is 0.130. The van der Waals surface area contributed by atoms with Crippen LogP contribution in [0.15, 0.2) is 72.8 Å². The van der Waals surface area contributed by atoms with Crippen molar-refractivity contribution in [1.82, 2.24) is 5.32 Å². The molecule has 0 fully saturated rings. The van der Waals surface area contributed by atoms with Crippen LogP contribution in [0.2, 0.25) is 0 Å². The van der Waals surface area contributed by atoms with Gasteiger partial charge in [-0.1, -0.05) is 48.5 Å². The minimum absolute atomic E-state index is 0.0642. The maximum atomic E-state index is 14.0. The van der Waals surface area contributed by atoms with Gasteiger partial charge in [0.1, 0.15) is 11.6 Å². The van der Waals surface area contributed by atoms with Crippen molar-refractivity contribution in [2.75, 3.05) is 6.54 Å². The van der Waals surface area contributed by atoms with Crippen LogP contribution in [0, 0.1) is 11.6 Å². The van der Waals surface area contributed by atoms with Gasteiger partial charge in [-0.3, -0.25) is 0 Å². The maximum absolute atomic E-state index is 14.0. The van der Waals surface area contributed by atoms with Crippen LogP contribution in [0.25, 0.3) is 16.8 Å². The van der Waals surface area contributed by atoms with Gasteiger partial charge in [-0.25, -0.2) is 8.78 Å². The largest absolute Gasteiger partial charge is 0.416 e. The Morgan fingerprint density at radius 3 is 1.86 bits per heavy atom. The first-order chi connectivity index (χ1) is 13.8. The van der Waals surface area contributed by atoms with Crippen LogP contribution in [0.4, 0.5) is 22.0 Å². The maximum Gasteiger partial charge on any atom is 0.416 e. The molecular formula is C23H16F5N. The molecule has 0 aromatic heterocycles. The summed E-state index contributed by atoms with van der Waals surface area (Å²) in [5.74, 6) is -1.31. The van der Waals surface area contributed by atoms with E-state index in [9.17, 15) is 22.0 Å². The van der Waals surface area contributed by atoms with E-state index in [1.165, 1.54) is 30.3 Å². The minimum Gasteiger partial charge on any atom is -0.384 e. The van der Waals surface area contributed by atoms with E-state index in [1.807, 2.05) is 24.3 Å². The molecule has 0 bridgehead atoms. The standard InChI is InChI=1S/C23H16F5N/c24-19-2-1-3-20(25)22(19)21-12-17(13-29-21)16-6-4-14(5-7-16)15-8-10-18(11-9-15)23(26,27)28/h1-12,17,29H,13H2. The molecular weight excluding hydrogens is 385 g/mol. The summed E-state index contributed by atoms with van der Waals surface area (Å²) in [5.41, 5.74) is 2.07. The lowest BCUT2D eigenvalue weighted by Gasteiger charge is -2.10. The molecule has 1 aliphatic rings. The Hall–Kier alpha value is -3.15. The van der Waals surface area contributed by atoms with Crippen molar-refractivity contribution in [3.63, 3.8) is 0 Å². The second-order valence-corrected chi connectivity index (χ2v) is 6.86. The molecule has 4 rings (SSSR count). The van der Waals surface area contributed by atoms with Gasteiger partial charge in [0.05, 0.1) is 11.1 Å². The average molecular weight is 401 g/mol. The predicted octanol–water partition coefficient (Wildman–Crippen LogP) is 6.38. The summed E-state index contributed by atoms with van der Waals surface area (Å²) in [7, 11) is 0. The molecule has 1 unspecified atom stereocenters. The van der Waals surface area contributed by atoms with Crippen LogP contribution in [-0.2, 0) is 6.18 Å². The summed E-state index contributed by atoms with van der Waals surface area (Å²) in [5, 5.41) is 3.04. The highest BCUT2D eigenvalue weighted by Crippen LogP contribution is 2.33. The van der Waals surface area contributed by atoms with Gasteiger partial charge in [0, 0.05) is 18.2 Å². The number of rotatable bonds is 3. The highest BCUT2D eigenvalue weighted by atomic mass is 19.4. The first-order valence-electron chi connectivity index (χ1n) is 9.00. The number of benzene rings is 3. The number of alkyl halides is 3. The van der Waals surface area contributed by atoms with Gasteiger partial charge in [0.15, 0.2) is 0 Å². The van der Waals surface area contributed by atoms with Crippen molar-refractivity contribution in [1.29, 1.82) is 0 Å². The molecule has 1 heterocycles. The molecule has 0 saturated carbocycles. The molecule has 1 N–H and O–H groups in total. The molecule has 0 aliphatic carbocycles. The molecule has 1 nitrogen and oxygen atoms in total. The molecule has 148 valence electrons. The Balaban J connectivity index is 1.55. The van der Waals surface area contributed by atoms with Gasteiger partial charge in [-0.15, -0.1) is 0 Å². The van der Waals surface area contributed by atoms with E-state index in [4.69, 9.17) is 0 Å². The predicted molar refractivity (Wildman–Crippen MR) is 102 cm³/mol. The first-order valence-corrected chi connectivity index (χ1v) is 9.00. The molecule has 0 saturated heterocycles. The van der Waals surface area contributed by atoms with Gasteiger partial charge in [0.25, 0.3) is 0 Å². The van der Waals surface area contributed by atoms with E-state index in [2.05, 4.69) is 5.32 Å². The van der Waals surface area contributed by atoms with Crippen molar-refractivity contribution in [2.24, 2.45) is 0 Å². The van der Waals surface area contributed by atoms with Crippen LogP contribution in [-0.4, -0.2) is 6.54 Å². The number of halogens is 5. The normalized spacial score (nSPS) is 16.4. The van der Waals surface area contributed by atoms with E-state index in [-0.39, 0.29) is 11.5 Å². The van der Waals surface area contributed by atoms with Gasteiger partial charge in [-0.05, 0) is 41.0 Å². The Morgan fingerprint density at radius 1 is 0.759 bits per heavy atom. The van der Waals surface area contributed by atoms with Crippen molar-refractivity contribution in [3.8, 4) is 11.1 Å². The number of hydrogen-bond donors (Lipinski definition) is 1. The van der Waals surface area contributed by atoms with Gasteiger partial charge < -0.3 is 5.32 Å². The Kier molecular flexibility index (Phi) is 4.86. The first kappa shape index (κ1) is 19.2. The van der Waals surface area contributed by atoms with Crippen LogP contribution >= 0.6 is 0 Å². The third kappa shape index (κ3) is 3.88. The molecule has 1 aliphatic heterocycles. The van der Waals surface area contributed by atoms with Gasteiger partial charge >= 0.3 is 6.18 Å². The monoisotopic (exact) mass is 401 g/mol. The topological polar surface area (TPSA) is 12.0 Å². The lowest BCUT2D eigenvalue weighted by atomic mass is 9.96. The van der Waals surface area contributed by atoms with E-state index >= 15 is 0 Å². The minimum atomic E-state index is -4.36. The van der Waals surface area contributed by atoms with Crippen LogP contribution in [0.1, 0.15) is 22.6 Å². The zero-order valence-electron chi connectivity index (χ0n) is 15.1. The average Bonchev–Trinajstić information content (AvgIpc) is 3.17. The highest BCUT2D eigenvalue weighted by Gasteiger charge is 2.30. The molecule has 0 spiro atoms. The number of nitrogens with one attached hydrogen (secondary N) is 1. The molecule has 29 heavy (non-hydrogen) atoms. The molecule has 6 heteroatoms. The van der Waals surface area contributed by atoms with Crippen LogP contribution < -0.4 is 5.32 Å². The quantitative estimate of drug-likeness (QED) is 0.502. The summed E-state index contributed by atoms with van der Waals surface area (Å²) in [6, 6.07) is 16.1. The van der Waals surface area contributed by atoms with Gasteiger partial charge in [-0.2, -0.15) is 13.2 Å². The summed E-state index contributed by atoms with van der Waals surface area (Å²) >= 11 is 0. The summed E-state index contributed by atoms with van der Waals surface area (Å²) in [6.07, 6.45) is -2.58. The van der Waals surface area contributed by atoms with E-state index in [0.717, 1.165) is 23.3 Å². The Morgan fingerprint density at radius 2 is 1.31 bits per heavy atom. The fourth-order valence-electron chi connectivity index (χ4n) is 3.45. The van der Waals surface area contributed by atoms with Crippen molar-refractivity contribution in [3.05, 3.63) is 101 Å². The third-order valence-electron chi connectivity index (χ3n) is 5.00. The second kappa shape index (κ2) is 7.35. The second-order valence-electron chi connectivity index (χ2n) is 6.86. The molecule has 3 aromatic rings. The van der Waals surface area contributed by atoms with E-state index in [1.54, 1.807) is 6.08 Å². The summed E-state index contributed by atoms with van der Waals surface area (Å²) in [4.78, 5) is 0. The van der Waals surface area contributed by atoms with E-state index < -0.39 is 23.4 Å². The van der Waals surface area contributed by atoms with Crippen molar-refractivity contribution < 1.29 is 22.0 Å². The Labute approximate surface area is 164 Å². The fourth-order valence-corrected chi connectivity index (χ4v) is 3.45. The zero-order chi connectivity index (χ0) is 20.6. The third-order valence-corrected chi connectivity index (χ3v) is 5.00. The van der Waals surface area contributed by atoms with Crippen molar-refractivity contribution >= 4 is 5.70 Å². The lowest BCUT2D eigenvalue weighted by Crippen LogP contribution is -2.12. The summed E-state index contributed by atoms with van der Waals surface area (Å²) in [6.45, 7) is 0.503. The summed E-state index contributed by atoms with van der Waals surface area (Å²) < 4.78 is 66.0. The SMILES string of the molecule is Fc1cccc(F)c1C1=CC(c2ccc(-c3ccc(C(F)(F)F)cc3)cc2)CN1.